The number of nitrogens with zero attached hydrogens (tertiary/aromatic N) is 3. The van der Waals surface area contributed by atoms with Crippen LogP contribution in [0.1, 0.15) is 25.5 Å². The molecule has 2 heterocycles. The third-order valence-corrected chi connectivity index (χ3v) is 3.71. The summed E-state index contributed by atoms with van der Waals surface area (Å²) in [5.74, 6) is 0.726. The second kappa shape index (κ2) is 8.75. The number of hydrogen-bond acceptors (Lipinski definition) is 4. The van der Waals surface area contributed by atoms with Gasteiger partial charge in [0.05, 0.1) is 12.3 Å². The average Bonchev–Trinajstić information content (AvgIpc) is 2.68. The molecule has 1 aliphatic rings. The predicted molar refractivity (Wildman–Crippen MR) is 86.1 cm³/mol. The largest absolute Gasteiger partial charge is 0.380 e. The highest BCUT2D eigenvalue weighted by Crippen LogP contribution is 2.10. The summed E-state index contributed by atoms with van der Waals surface area (Å²) in [7, 11) is 1.84. The quantitative estimate of drug-likeness (QED) is 0.829. The van der Waals surface area contributed by atoms with Gasteiger partial charge in [-0.3, -0.25) is 14.9 Å². The second-order valence-corrected chi connectivity index (χ2v) is 5.58. The minimum atomic E-state index is -0.183. The average molecular weight is 309 g/mol. The van der Waals surface area contributed by atoms with Gasteiger partial charge < -0.3 is 10.1 Å². The van der Waals surface area contributed by atoms with Gasteiger partial charge in [-0.15, -0.1) is 0 Å². The van der Waals surface area contributed by atoms with Crippen LogP contribution in [0.15, 0.2) is 6.07 Å². The zero-order valence-electron chi connectivity index (χ0n) is 13.6. The lowest BCUT2D eigenvalue weighted by Crippen LogP contribution is -2.38. The number of nitrogens with one attached hydrogen (secondary N) is 2. The third kappa shape index (κ3) is 5.31. The van der Waals surface area contributed by atoms with Crippen molar-refractivity contribution in [3.63, 3.8) is 0 Å². The smallest absolute Gasteiger partial charge is 0.320 e. The molecule has 0 aliphatic carbocycles. The number of ether oxygens (including phenoxy) is 1. The maximum Gasteiger partial charge on any atom is 0.320 e. The highest BCUT2D eigenvalue weighted by Gasteiger charge is 2.10. The summed E-state index contributed by atoms with van der Waals surface area (Å²) in [5, 5.41) is 10.1. The van der Waals surface area contributed by atoms with Crippen LogP contribution in [0.2, 0.25) is 0 Å². The van der Waals surface area contributed by atoms with Gasteiger partial charge >= 0.3 is 6.03 Å². The van der Waals surface area contributed by atoms with E-state index < -0.39 is 0 Å². The lowest BCUT2D eigenvalue weighted by atomic mass is 10.2. The molecule has 0 spiro atoms. The standard InChI is InChI=1S/C15H27N5O2/c1-3-5-13-12-14(19(2)18-13)17-15(21)16-6-8-20-7-4-10-22-11-9-20/h12H,3-11H2,1-2H3,(H2,16,17,21). The van der Waals surface area contributed by atoms with Crippen molar-refractivity contribution in [2.75, 3.05) is 44.7 Å². The van der Waals surface area contributed by atoms with E-state index in [1.54, 1.807) is 4.68 Å². The fraction of sp³-hybridized carbons (Fsp3) is 0.733. The molecular formula is C15H27N5O2. The zero-order chi connectivity index (χ0) is 15.8. The van der Waals surface area contributed by atoms with E-state index in [1.165, 1.54) is 0 Å². The number of anilines is 1. The topological polar surface area (TPSA) is 71.4 Å². The highest BCUT2D eigenvalue weighted by atomic mass is 16.5. The Morgan fingerprint density at radius 1 is 1.41 bits per heavy atom. The molecule has 1 fully saturated rings. The Balaban J connectivity index is 1.71. The minimum absolute atomic E-state index is 0.183. The van der Waals surface area contributed by atoms with Crippen LogP contribution < -0.4 is 10.6 Å². The molecular weight excluding hydrogens is 282 g/mol. The molecule has 124 valence electrons. The van der Waals surface area contributed by atoms with Crippen molar-refractivity contribution >= 4 is 11.8 Å². The van der Waals surface area contributed by atoms with Crippen molar-refractivity contribution in [1.29, 1.82) is 0 Å². The number of aryl methyl sites for hydroxylation is 2. The van der Waals surface area contributed by atoms with Gasteiger partial charge in [-0.05, 0) is 12.8 Å². The summed E-state index contributed by atoms with van der Waals surface area (Å²) < 4.78 is 7.12. The van der Waals surface area contributed by atoms with Gasteiger partial charge in [0.15, 0.2) is 0 Å². The Morgan fingerprint density at radius 3 is 3.09 bits per heavy atom. The Kier molecular flexibility index (Phi) is 6.67. The van der Waals surface area contributed by atoms with Crippen molar-refractivity contribution < 1.29 is 9.53 Å². The van der Waals surface area contributed by atoms with E-state index in [2.05, 4.69) is 27.6 Å². The third-order valence-electron chi connectivity index (χ3n) is 3.71. The second-order valence-electron chi connectivity index (χ2n) is 5.58. The van der Waals surface area contributed by atoms with Crippen molar-refractivity contribution in [2.45, 2.75) is 26.2 Å². The van der Waals surface area contributed by atoms with Gasteiger partial charge in [-0.2, -0.15) is 5.10 Å². The Labute approximate surface area is 132 Å². The Hall–Kier alpha value is -1.60. The van der Waals surface area contributed by atoms with E-state index >= 15 is 0 Å². The molecule has 2 N–H and O–H groups in total. The minimum Gasteiger partial charge on any atom is -0.380 e. The van der Waals surface area contributed by atoms with Crippen LogP contribution in [0.5, 0.6) is 0 Å². The fourth-order valence-corrected chi connectivity index (χ4v) is 2.53. The summed E-state index contributed by atoms with van der Waals surface area (Å²) in [6.07, 6.45) is 3.03. The van der Waals surface area contributed by atoms with Gasteiger partial charge in [-0.1, -0.05) is 13.3 Å². The van der Waals surface area contributed by atoms with Crippen LogP contribution in [0, 0.1) is 0 Å². The Morgan fingerprint density at radius 2 is 2.27 bits per heavy atom. The number of carbonyl (C=O) groups excluding carboxylic acids is 1. The van der Waals surface area contributed by atoms with E-state index in [0.29, 0.717) is 6.54 Å². The molecule has 1 aliphatic heterocycles. The maximum atomic E-state index is 11.9. The molecule has 0 unspecified atom stereocenters. The Bertz CT molecular complexity index is 466. The summed E-state index contributed by atoms with van der Waals surface area (Å²) in [4.78, 5) is 14.3. The van der Waals surface area contributed by atoms with Crippen molar-refractivity contribution in [3.8, 4) is 0 Å². The van der Waals surface area contributed by atoms with Gasteiger partial charge in [-0.25, -0.2) is 4.79 Å². The molecule has 0 aromatic carbocycles. The van der Waals surface area contributed by atoms with Crippen LogP contribution in [0.4, 0.5) is 10.6 Å². The molecule has 0 saturated carbocycles. The number of aromatic nitrogens is 2. The molecule has 0 atom stereocenters. The zero-order valence-corrected chi connectivity index (χ0v) is 13.6. The summed E-state index contributed by atoms with van der Waals surface area (Å²) >= 11 is 0. The van der Waals surface area contributed by atoms with E-state index in [4.69, 9.17) is 4.74 Å². The molecule has 1 aromatic rings. The number of amides is 2. The number of urea groups is 1. The summed E-state index contributed by atoms with van der Waals surface area (Å²) in [6, 6.07) is 1.74. The van der Waals surface area contributed by atoms with E-state index in [-0.39, 0.29) is 6.03 Å². The molecule has 2 amide bonds. The first-order valence-electron chi connectivity index (χ1n) is 8.07. The number of hydrogen-bond donors (Lipinski definition) is 2. The predicted octanol–water partition coefficient (Wildman–Crippen LogP) is 1.22. The van der Waals surface area contributed by atoms with Crippen LogP contribution in [-0.2, 0) is 18.2 Å². The van der Waals surface area contributed by atoms with Crippen molar-refractivity contribution in [1.82, 2.24) is 20.0 Å². The SMILES string of the molecule is CCCc1cc(NC(=O)NCCN2CCCOCC2)n(C)n1. The van der Waals surface area contributed by atoms with Crippen molar-refractivity contribution in [3.05, 3.63) is 11.8 Å². The van der Waals surface area contributed by atoms with Gasteiger partial charge in [0, 0.05) is 45.9 Å². The lowest BCUT2D eigenvalue weighted by molar-refractivity contribution is 0.141. The molecule has 2 rings (SSSR count). The van der Waals surface area contributed by atoms with Gasteiger partial charge in [0.2, 0.25) is 0 Å². The van der Waals surface area contributed by atoms with E-state index in [9.17, 15) is 4.79 Å². The molecule has 22 heavy (non-hydrogen) atoms. The summed E-state index contributed by atoms with van der Waals surface area (Å²) in [6.45, 7) is 7.18. The van der Waals surface area contributed by atoms with E-state index in [0.717, 1.165) is 63.6 Å². The van der Waals surface area contributed by atoms with Crippen LogP contribution in [-0.4, -0.2) is 60.1 Å². The first-order chi connectivity index (χ1) is 10.7. The van der Waals surface area contributed by atoms with Gasteiger partial charge in [0.1, 0.15) is 5.82 Å². The van der Waals surface area contributed by atoms with Crippen LogP contribution in [0.25, 0.3) is 0 Å². The summed E-state index contributed by atoms with van der Waals surface area (Å²) in [5.41, 5.74) is 1.00. The molecule has 1 saturated heterocycles. The lowest BCUT2D eigenvalue weighted by Gasteiger charge is -2.19. The first-order valence-corrected chi connectivity index (χ1v) is 8.07. The number of rotatable bonds is 6. The molecule has 7 nitrogen and oxygen atoms in total. The monoisotopic (exact) mass is 309 g/mol. The van der Waals surface area contributed by atoms with E-state index in [1.807, 2.05) is 13.1 Å². The fourth-order valence-electron chi connectivity index (χ4n) is 2.53. The number of carbonyl (C=O) groups is 1. The highest BCUT2D eigenvalue weighted by molar-refractivity contribution is 5.88. The molecule has 0 bridgehead atoms. The normalized spacial score (nSPS) is 16.3. The molecule has 7 heteroatoms. The first kappa shape index (κ1) is 16.8. The molecule has 0 radical (unpaired) electrons. The molecule has 1 aromatic heterocycles. The van der Waals surface area contributed by atoms with Crippen LogP contribution >= 0.6 is 0 Å². The maximum absolute atomic E-state index is 11.9. The van der Waals surface area contributed by atoms with Crippen LogP contribution in [0.3, 0.4) is 0 Å². The van der Waals surface area contributed by atoms with Gasteiger partial charge in [0.25, 0.3) is 0 Å². The van der Waals surface area contributed by atoms with Crippen molar-refractivity contribution in [2.24, 2.45) is 7.05 Å².